The molecule has 1 amide bonds. The normalized spacial score (nSPS) is 10.4. The number of rotatable bonds is 8. The van der Waals surface area contributed by atoms with Crippen LogP contribution in [0, 0.1) is 0 Å². The van der Waals surface area contributed by atoms with Gasteiger partial charge >= 0.3 is 0 Å². The van der Waals surface area contributed by atoms with Gasteiger partial charge in [0.15, 0.2) is 5.75 Å². The molecular weight excluding hydrogens is 304 g/mol. The van der Waals surface area contributed by atoms with Crippen LogP contribution < -0.4 is 15.6 Å². The summed E-state index contributed by atoms with van der Waals surface area (Å²) in [6, 6.07) is 11.1. The van der Waals surface area contributed by atoms with Gasteiger partial charge in [0, 0.05) is 11.9 Å². The molecule has 128 valence electrons. The molecule has 2 rings (SSSR count). The van der Waals surface area contributed by atoms with Crippen molar-refractivity contribution in [3.05, 3.63) is 58.5 Å². The zero-order valence-electron chi connectivity index (χ0n) is 14.2. The van der Waals surface area contributed by atoms with E-state index in [1.165, 1.54) is 10.1 Å². The summed E-state index contributed by atoms with van der Waals surface area (Å²) in [5, 5.41) is 2.81. The molecule has 1 N–H and O–H groups in total. The SMILES string of the molecule is CCCCc1ccc(NC(=O)Cn2cccc(OCC)c2=O)cc1. The Bertz CT molecular complexity index is 720. The molecule has 0 aliphatic heterocycles. The first-order valence-electron chi connectivity index (χ1n) is 8.35. The van der Waals surface area contributed by atoms with Crippen LogP contribution in [0.15, 0.2) is 47.4 Å². The van der Waals surface area contributed by atoms with E-state index in [1.54, 1.807) is 18.3 Å². The molecule has 1 aromatic carbocycles. The van der Waals surface area contributed by atoms with Crippen LogP contribution in [0.4, 0.5) is 5.69 Å². The summed E-state index contributed by atoms with van der Waals surface area (Å²) in [6.45, 7) is 4.35. The molecule has 0 saturated carbocycles. The summed E-state index contributed by atoms with van der Waals surface area (Å²) >= 11 is 0. The van der Waals surface area contributed by atoms with E-state index in [0.717, 1.165) is 24.9 Å². The number of aromatic nitrogens is 1. The Hall–Kier alpha value is -2.56. The molecule has 5 nitrogen and oxygen atoms in total. The Morgan fingerprint density at radius 3 is 2.58 bits per heavy atom. The van der Waals surface area contributed by atoms with Crippen LogP contribution in [0.3, 0.4) is 0 Å². The number of nitrogens with zero attached hydrogens (tertiary/aromatic N) is 1. The smallest absolute Gasteiger partial charge is 0.293 e. The van der Waals surface area contributed by atoms with Crippen LogP contribution in [0.2, 0.25) is 0 Å². The van der Waals surface area contributed by atoms with Crippen molar-refractivity contribution in [1.29, 1.82) is 0 Å². The van der Waals surface area contributed by atoms with Gasteiger partial charge < -0.3 is 14.6 Å². The van der Waals surface area contributed by atoms with Gasteiger partial charge in [0.1, 0.15) is 6.54 Å². The number of anilines is 1. The lowest BCUT2D eigenvalue weighted by molar-refractivity contribution is -0.116. The number of benzene rings is 1. The third kappa shape index (κ3) is 4.98. The molecule has 0 aliphatic carbocycles. The fourth-order valence-electron chi connectivity index (χ4n) is 2.40. The lowest BCUT2D eigenvalue weighted by Gasteiger charge is -2.10. The van der Waals surface area contributed by atoms with Crippen molar-refractivity contribution < 1.29 is 9.53 Å². The van der Waals surface area contributed by atoms with Gasteiger partial charge in [-0.05, 0) is 49.6 Å². The minimum Gasteiger partial charge on any atom is -0.488 e. The average Bonchev–Trinajstić information content (AvgIpc) is 2.58. The number of nitrogens with one attached hydrogen (secondary N) is 1. The highest BCUT2D eigenvalue weighted by atomic mass is 16.5. The van der Waals surface area contributed by atoms with Crippen molar-refractivity contribution in [2.75, 3.05) is 11.9 Å². The number of carbonyl (C=O) groups is 1. The second-order valence-electron chi connectivity index (χ2n) is 5.59. The maximum atomic E-state index is 12.1. The summed E-state index contributed by atoms with van der Waals surface area (Å²) in [4.78, 5) is 24.3. The standard InChI is InChI=1S/C19H24N2O3/c1-3-5-7-15-9-11-16(12-10-15)20-18(22)14-21-13-6-8-17(19(21)23)24-4-2/h6,8-13H,3-5,7,14H2,1-2H3,(H,20,22). The van der Waals surface area contributed by atoms with Crippen LogP contribution >= 0.6 is 0 Å². The highest BCUT2D eigenvalue weighted by molar-refractivity contribution is 5.90. The van der Waals surface area contributed by atoms with E-state index in [-0.39, 0.29) is 23.8 Å². The second-order valence-corrected chi connectivity index (χ2v) is 5.59. The van der Waals surface area contributed by atoms with E-state index in [1.807, 2.05) is 31.2 Å². The summed E-state index contributed by atoms with van der Waals surface area (Å²) in [5.74, 6) is 0.0140. The minimum absolute atomic E-state index is 0.0443. The second kappa shape index (κ2) is 8.91. The van der Waals surface area contributed by atoms with Crippen LogP contribution in [-0.4, -0.2) is 17.1 Å². The van der Waals surface area contributed by atoms with Gasteiger partial charge in [0.25, 0.3) is 5.56 Å². The van der Waals surface area contributed by atoms with Gasteiger partial charge in [0.2, 0.25) is 5.91 Å². The van der Waals surface area contributed by atoms with Crippen LogP contribution in [0.5, 0.6) is 5.75 Å². The van der Waals surface area contributed by atoms with Crippen LogP contribution in [0.25, 0.3) is 0 Å². The predicted molar refractivity (Wildman–Crippen MR) is 95.6 cm³/mol. The number of hydrogen-bond donors (Lipinski definition) is 1. The largest absolute Gasteiger partial charge is 0.488 e. The first-order chi connectivity index (χ1) is 11.6. The molecule has 0 radical (unpaired) electrons. The first kappa shape index (κ1) is 17.8. The molecule has 0 fully saturated rings. The Morgan fingerprint density at radius 2 is 1.92 bits per heavy atom. The van der Waals surface area contributed by atoms with Crippen molar-refractivity contribution in [3.63, 3.8) is 0 Å². The number of hydrogen-bond acceptors (Lipinski definition) is 3. The third-order valence-corrected chi connectivity index (χ3v) is 3.66. The van der Waals surface area contributed by atoms with Crippen molar-refractivity contribution in [2.24, 2.45) is 0 Å². The number of unbranched alkanes of at least 4 members (excludes halogenated alkanes) is 1. The lowest BCUT2D eigenvalue weighted by atomic mass is 10.1. The van der Waals surface area contributed by atoms with Gasteiger partial charge in [-0.3, -0.25) is 9.59 Å². The molecule has 0 saturated heterocycles. The number of ether oxygens (including phenoxy) is 1. The monoisotopic (exact) mass is 328 g/mol. The Kier molecular flexibility index (Phi) is 6.61. The van der Waals surface area contributed by atoms with Crippen molar-refractivity contribution >= 4 is 11.6 Å². The molecule has 24 heavy (non-hydrogen) atoms. The zero-order valence-corrected chi connectivity index (χ0v) is 14.2. The fourth-order valence-corrected chi connectivity index (χ4v) is 2.40. The molecule has 0 aliphatic rings. The summed E-state index contributed by atoms with van der Waals surface area (Å²) in [6.07, 6.45) is 4.95. The van der Waals surface area contributed by atoms with E-state index in [2.05, 4.69) is 12.2 Å². The Balaban J connectivity index is 1.98. The van der Waals surface area contributed by atoms with E-state index >= 15 is 0 Å². The summed E-state index contributed by atoms with van der Waals surface area (Å²) in [5.41, 5.74) is 1.69. The molecule has 5 heteroatoms. The van der Waals surface area contributed by atoms with Crippen molar-refractivity contribution in [3.8, 4) is 5.75 Å². The first-order valence-corrected chi connectivity index (χ1v) is 8.35. The van der Waals surface area contributed by atoms with E-state index in [9.17, 15) is 9.59 Å². The fraction of sp³-hybridized carbons (Fsp3) is 0.368. The highest BCUT2D eigenvalue weighted by Gasteiger charge is 2.08. The van der Waals surface area contributed by atoms with Gasteiger partial charge in [-0.1, -0.05) is 25.5 Å². The third-order valence-electron chi connectivity index (χ3n) is 3.66. The number of carbonyl (C=O) groups excluding carboxylic acids is 1. The van der Waals surface area contributed by atoms with E-state index < -0.39 is 0 Å². The topological polar surface area (TPSA) is 60.3 Å². The number of pyridine rings is 1. The Labute approximate surface area is 142 Å². The van der Waals surface area contributed by atoms with Gasteiger partial charge in [0.05, 0.1) is 6.61 Å². The molecule has 0 spiro atoms. The van der Waals surface area contributed by atoms with Crippen molar-refractivity contribution in [1.82, 2.24) is 4.57 Å². The van der Waals surface area contributed by atoms with E-state index in [4.69, 9.17) is 4.74 Å². The predicted octanol–water partition coefficient (Wildman–Crippen LogP) is 3.23. The molecule has 0 bridgehead atoms. The summed E-state index contributed by atoms with van der Waals surface area (Å²) < 4.78 is 6.60. The maximum Gasteiger partial charge on any atom is 0.293 e. The molecule has 1 aromatic heterocycles. The van der Waals surface area contributed by atoms with Gasteiger partial charge in [-0.25, -0.2) is 0 Å². The quantitative estimate of drug-likeness (QED) is 0.809. The minimum atomic E-state index is -0.301. The molecule has 2 aromatic rings. The molecule has 0 unspecified atom stereocenters. The molecule has 0 atom stereocenters. The molecule has 1 heterocycles. The number of amides is 1. The molecular formula is C19H24N2O3. The average molecular weight is 328 g/mol. The van der Waals surface area contributed by atoms with Crippen LogP contribution in [-0.2, 0) is 17.8 Å². The highest BCUT2D eigenvalue weighted by Crippen LogP contribution is 2.12. The van der Waals surface area contributed by atoms with Crippen molar-refractivity contribution in [2.45, 2.75) is 39.7 Å². The lowest BCUT2D eigenvalue weighted by Crippen LogP contribution is -2.28. The van der Waals surface area contributed by atoms with Crippen LogP contribution in [0.1, 0.15) is 32.3 Å². The van der Waals surface area contributed by atoms with Gasteiger partial charge in [-0.2, -0.15) is 0 Å². The summed E-state index contributed by atoms with van der Waals surface area (Å²) in [7, 11) is 0. The number of aryl methyl sites for hydroxylation is 1. The maximum absolute atomic E-state index is 12.1. The Morgan fingerprint density at radius 1 is 1.17 bits per heavy atom. The zero-order chi connectivity index (χ0) is 17.4. The van der Waals surface area contributed by atoms with Gasteiger partial charge in [-0.15, -0.1) is 0 Å². The van der Waals surface area contributed by atoms with E-state index in [0.29, 0.717) is 6.61 Å².